The molecule has 0 aliphatic heterocycles. The van der Waals surface area contributed by atoms with Gasteiger partial charge in [0, 0.05) is 11.0 Å². The first-order chi connectivity index (χ1) is 10.6. The fourth-order valence-corrected chi connectivity index (χ4v) is 3.49. The summed E-state index contributed by atoms with van der Waals surface area (Å²) in [6, 6.07) is 7.29. The number of esters is 1. The van der Waals surface area contributed by atoms with Gasteiger partial charge in [-0.1, -0.05) is 0 Å². The molecule has 0 spiro atoms. The number of amides is 1. The minimum Gasteiger partial charge on any atom is -0.452 e. The lowest BCUT2D eigenvalue weighted by atomic mass is 10.3. The van der Waals surface area contributed by atoms with Crippen LogP contribution in [-0.4, -0.2) is 18.5 Å². The third-order valence-corrected chi connectivity index (χ3v) is 4.78. The van der Waals surface area contributed by atoms with Crippen molar-refractivity contribution in [3.63, 3.8) is 0 Å². The molecule has 0 aliphatic rings. The summed E-state index contributed by atoms with van der Waals surface area (Å²) >= 11 is 6.03. The summed E-state index contributed by atoms with van der Waals surface area (Å²) < 4.78 is 5.79. The highest BCUT2D eigenvalue weighted by atomic mass is 79.9. The first-order valence-corrected chi connectivity index (χ1v) is 8.45. The highest BCUT2D eigenvalue weighted by Gasteiger charge is 2.09. The predicted molar refractivity (Wildman–Crippen MR) is 89.7 cm³/mol. The maximum Gasteiger partial charge on any atom is 0.331 e. The highest BCUT2D eigenvalue weighted by molar-refractivity contribution is 9.11. The van der Waals surface area contributed by atoms with Crippen LogP contribution in [0.3, 0.4) is 0 Å². The first kappa shape index (κ1) is 16.4. The standard InChI is InChI=1S/C14H9BrN2O3S2/c15-11-3-1-10(22-11)2-4-13(19)20-8-12(18)17-14-9(7-16)5-6-21-14/h1-6H,8H2,(H,17,18)/b4-2+. The van der Waals surface area contributed by atoms with Crippen LogP contribution in [0.4, 0.5) is 5.00 Å². The van der Waals surface area contributed by atoms with Crippen molar-refractivity contribution in [3.8, 4) is 6.07 Å². The zero-order chi connectivity index (χ0) is 15.9. The molecule has 2 heterocycles. The van der Waals surface area contributed by atoms with Gasteiger partial charge in [-0.15, -0.1) is 22.7 Å². The van der Waals surface area contributed by atoms with E-state index >= 15 is 0 Å². The van der Waals surface area contributed by atoms with E-state index in [9.17, 15) is 9.59 Å². The molecule has 1 amide bonds. The Balaban J connectivity index is 1.80. The molecule has 0 aliphatic carbocycles. The number of hydrogen-bond donors (Lipinski definition) is 1. The summed E-state index contributed by atoms with van der Waals surface area (Å²) in [6.45, 7) is -0.403. The SMILES string of the molecule is N#Cc1ccsc1NC(=O)COC(=O)/C=C/c1ccc(Br)s1. The summed E-state index contributed by atoms with van der Waals surface area (Å²) in [5.74, 6) is -1.09. The normalized spacial score (nSPS) is 10.4. The van der Waals surface area contributed by atoms with E-state index in [1.165, 1.54) is 28.7 Å². The molecule has 0 fully saturated rings. The van der Waals surface area contributed by atoms with Gasteiger partial charge in [0.25, 0.3) is 5.91 Å². The molecule has 0 atom stereocenters. The van der Waals surface area contributed by atoms with Crippen molar-refractivity contribution in [2.45, 2.75) is 0 Å². The van der Waals surface area contributed by atoms with E-state index in [1.807, 2.05) is 18.2 Å². The summed E-state index contributed by atoms with van der Waals surface area (Å²) in [5.41, 5.74) is 0.382. The van der Waals surface area contributed by atoms with Crippen LogP contribution in [0.15, 0.2) is 33.4 Å². The maximum atomic E-state index is 11.6. The quantitative estimate of drug-likeness (QED) is 0.617. The van der Waals surface area contributed by atoms with Gasteiger partial charge in [-0.3, -0.25) is 4.79 Å². The average Bonchev–Trinajstić information content (AvgIpc) is 3.11. The van der Waals surface area contributed by atoms with Crippen molar-refractivity contribution in [1.29, 1.82) is 5.26 Å². The Morgan fingerprint density at radius 1 is 1.41 bits per heavy atom. The van der Waals surface area contributed by atoms with Gasteiger partial charge in [0.1, 0.15) is 11.1 Å². The van der Waals surface area contributed by atoms with Gasteiger partial charge >= 0.3 is 5.97 Å². The van der Waals surface area contributed by atoms with E-state index < -0.39 is 18.5 Å². The van der Waals surface area contributed by atoms with Gasteiger partial charge < -0.3 is 10.1 Å². The van der Waals surface area contributed by atoms with Crippen molar-refractivity contribution in [1.82, 2.24) is 0 Å². The molecule has 0 radical (unpaired) electrons. The lowest BCUT2D eigenvalue weighted by Crippen LogP contribution is -2.19. The molecular formula is C14H9BrN2O3S2. The van der Waals surface area contributed by atoms with Crippen LogP contribution in [0, 0.1) is 11.3 Å². The number of hydrogen-bond acceptors (Lipinski definition) is 6. The summed E-state index contributed by atoms with van der Waals surface area (Å²) in [4.78, 5) is 24.0. The lowest BCUT2D eigenvalue weighted by molar-refractivity contribution is -0.142. The van der Waals surface area contributed by atoms with Gasteiger partial charge in [0.15, 0.2) is 6.61 Å². The second-order valence-electron chi connectivity index (χ2n) is 3.91. The number of nitrogens with one attached hydrogen (secondary N) is 1. The third-order valence-electron chi connectivity index (χ3n) is 2.36. The van der Waals surface area contributed by atoms with Gasteiger partial charge in [0.2, 0.25) is 0 Å². The Morgan fingerprint density at radius 3 is 2.91 bits per heavy atom. The summed E-state index contributed by atoms with van der Waals surface area (Å²) in [5, 5.41) is 13.5. The Labute approximate surface area is 143 Å². The second kappa shape index (κ2) is 7.89. The monoisotopic (exact) mass is 396 g/mol. The van der Waals surface area contributed by atoms with Crippen molar-refractivity contribution < 1.29 is 14.3 Å². The molecule has 8 heteroatoms. The molecule has 0 aromatic carbocycles. The number of ether oxygens (including phenoxy) is 1. The molecule has 2 aromatic rings. The average molecular weight is 397 g/mol. The number of carbonyl (C=O) groups excluding carboxylic acids is 2. The molecule has 0 unspecified atom stereocenters. The molecule has 0 saturated carbocycles. The van der Waals surface area contributed by atoms with Crippen molar-refractivity contribution in [2.75, 3.05) is 11.9 Å². The van der Waals surface area contributed by atoms with E-state index in [2.05, 4.69) is 21.2 Å². The Morgan fingerprint density at radius 2 is 2.23 bits per heavy atom. The molecular weight excluding hydrogens is 388 g/mol. The zero-order valence-electron chi connectivity index (χ0n) is 11.0. The minimum absolute atomic E-state index is 0.382. The highest BCUT2D eigenvalue weighted by Crippen LogP contribution is 2.23. The van der Waals surface area contributed by atoms with Crippen LogP contribution >= 0.6 is 38.6 Å². The fraction of sp³-hybridized carbons (Fsp3) is 0.0714. The van der Waals surface area contributed by atoms with E-state index in [0.717, 1.165) is 8.66 Å². The molecule has 2 rings (SSSR count). The zero-order valence-corrected chi connectivity index (χ0v) is 14.3. The Bertz CT molecular complexity index is 758. The molecule has 5 nitrogen and oxygen atoms in total. The number of nitrogens with zero attached hydrogens (tertiary/aromatic N) is 1. The number of thiophene rings is 2. The Hall–Kier alpha value is -1.95. The molecule has 1 N–H and O–H groups in total. The van der Waals surface area contributed by atoms with Crippen LogP contribution in [0.25, 0.3) is 6.08 Å². The molecule has 0 saturated heterocycles. The van der Waals surface area contributed by atoms with Crippen LogP contribution in [0.5, 0.6) is 0 Å². The van der Waals surface area contributed by atoms with Crippen molar-refractivity contribution in [2.24, 2.45) is 0 Å². The van der Waals surface area contributed by atoms with Crippen molar-refractivity contribution >= 4 is 61.6 Å². The first-order valence-electron chi connectivity index (χ1n) is 5.96. The lowest BCUT2D eigenvalue weighted by Gasteiger charge is -2.03. The maximum absolute atomic E-state index is 11.6. The fourth-order valence-electron chi connectivity index (χ4n) is 1.41. The van der Waals surface area contributed by atoms with Gasteiger partial charge in [-0.2, -0.15) is 5.26 Å². The number of nitriles is 1. The summed E-state index contributed by atoms with van der Waals surface area (Å²) in [7, 11) is 0. The van der Waals surface area contributed by atoms with Gasteiger partial charge in [0.05, 0.1) is 9.35 Å². The molecule has 112 valence electrons. The van der Waals surface area contributed by atoms with Crippen LogP contribution in [0.1, 0.15) is 10.4 Å². The van der Waals surface area contributed by atoms with E-state index in [-0.39, 0.29) is 0 Å². The van der Waals surface area contributed by atoms with E-state index in [4.69, 9.17) is 10.00 Å². The number of rotatable bonds is 5. The third kappa shape index (κ3) is 4.80. The Kier molecular flexibility index (Phi) is 5.89. The van der Waals surface area contributed by atoms with Crippen LogP contribution < -0.4 is 5.32 Å². The van der Waals surface area contributed by atoms with Gasteiger partial charge in [-0.05, 0) is 45.6 Å². The molecule has 2 aromatic heterocycles. The van der Waals surface area contributed by atoms with Crippen LogP contribution in [0.2, 0.25) is 0 Å². The smallest absolute Gasteiger partial charge is 0.331 e. The topological polar surface area (TPSA) is 79.2 Å². The molecule has 0 bridgehead atoms. The number of halogens is 1. The van der Waals surface area contributed by atoms with E-state index in [0.29, 0.717) is 10.6 Å². The van der Waals surface area contributed by atoms with Gasteiger partial charge in [-0.25, -0.2) is 4.79 Å². The number of carbonyl (C=O) groups is 2. The van der Waals surface area contributed by atoms with Crippen LogP contribution in [-0.2, 0) is 14.3 Å². The molecule has 22 heavy (non-hydrogen) atoms. The predicted octanol–water partition coefficient (Wildman–Crippen LogP) is 3.64. The van der Waals surface area contributed by atoms with Crippen molar-refractivity contribution in [3.05, 3.63) is 43.9 Å². The largest absolute Gasteiger partial charge is 0.452 e. The van der Waals surface area contributed by atoms with E-state index in [1.54, 1.807) is 17.5 Å². The minimum atomic E-state index is -0.605. The number of anilines is 1. The second-order valence-corrected chi connectivity index (χ2v) is 7.32. The summed E-state index contributed by atoms with van der Waals surface area (Å²) in [6.07, 6.45) is 2.88.